The molecule has 26 heavy (non-hydrogen) atoms. The predicted molar refractivity (Wildman–Crippen MR) is 92.2 cm³/mol. The second kappa shape index (κ2) is 7.14. The van der Waals surface area contributed by atoms with Gasteiger partial charge in [-0.15, -0.1) is 0 Å². The van der Waals surface area contributed by atoms with Gasteiger partial charge in [0.25, 0.3) is 0 Å². The molecule has 0 aromatic heterocycles. The van der Waals surface area contributed by atoms with E-state index >= 15 is 0 Å². The van der Waals surface area contributed by atoms with Crippen LogP contribution < -0.4 is 10.0 Å². The van der Waals surface area contributed by atoms with Crippen LogP contribution in [-0.2, 0) is 19.5 Å². The predicted octanol–water partition coefficient (Wildman–Crippen LogP) is 1.52. The normalized spacial score (nSPS) is 17.0. The molecule has 2 aromatic carbocycles. The van der Waals surface area contributed by atoms with E-state index in [-0.39, 0.29) is 18.0 Å². The van der Waals surface area contributed by atoms with E-state index in [0.717, 1.165) is 0 Å². The van der Waals surface area contributed by atoms with Crippen molar-refractivity contribution in [2.75, 3.05) is 18.1 Å². The van der Waals surface area contributed by atoms with Crippen LogP contribution in [0.3, 0.4) is 0 Å². The van der Waals surface area contributed by atoms with Crippen molar-refractivity contribution in [3.8, 4) is 0 Å². The molecule has 0 saturated carbocycles. The Labute approximate surface area is 150 Å². The highest BCUT2D eigenvalue weighted by atomic mass is 32.2. The van der Waals surface area contributed by atoms with Crippen molar-refractivity contribution in [1.82, 2.24) is 0 Å². The van der Waals surface area contributed by atoms with Gasteiger partial charge in [-0.2, -0.15) is 0 Å². The number of ether oxygens (including phenoxy) is 2. The molecule has 1 amide bonds. The van der Waals surface area contributed by atoms with Gasteiger partial charge < -0.3 is 9.47 Å². The maximum atomic E-state index is 12.0. The van der Waals surface area contributed by atoms with Crippen LogP contribution in [0, 0.1) is 0 Å². The highest BCUT2D eigenvalue weighted by Gasteiger charge is 2.33. The molecule has 9 heteroatoms. The second-order valence-corrected chi connectivity index (χ2v) is 7.18. The Balaban J connectivity index is 1.61. The van der Waals surface area contributed by atoms with Gasteiger partial charge in [-0.3, -0.25) is 4.90 Å². The maximum Gasteiger partial charge on any atom is 0.414 e. The Bertz CT molecular complexity index is 912. The summed E-state index contributed by atoms with van der Waals surface area (Å²) in [5.41, 5.74) is 0.867. The topological polar surface area (TPSA) is 116 Å². The van der Waals surface area contributed by atoms with Crippen molar-refractivity contribution < 1.29 is 27.5 Å². The first-order valence-corrected chi connectivity index (χ1v) is 9.22. The summed E-state index contributed by atoms with van der Waals surface area (Å²) in [6.07, 6.45) is -1.22. The average Bonchev–Trinajstić information content (AvgIpc) is 3.00. The summed E-state index contributed by atoms with van der Waals surface area (Å²) < 4.78 is 32.9. The fourth-order valence-corrected chi connectivity index (χ4v) is 2.98. The number of hydrogen-bond acceptors (Lipinski definition) is 6. The zero-order valence-electron chi connectivity index (χ0n) is 13.6. The van der Waals surface area contributed by atoms with E-state index in [9.17, 15) is 18.0 Å². The Morgan fingerprint density at radius 1 is 1.15 bits per heavy atom. The molecule has 0 radical (unpaired) electrons. The number of anilines is 1. The van der Waals surface area contributed by atoms with Crippen molar-refractivity contribution in [1.29, 1.82) is 0 Å². The first-order chi connectivity index (χ1) is 12.3. The molecule has 0 spiro atoms. The van der Waals surface area contributed by atoms with E-state index in [0.29, 0.717) is 11.3 Å². The number of carbonyl (C=O) groups is 2. The fourth-order valence-electron chi connectivity index (χ4n) is 2.46. The van der Waals surface area contributed by atoms with Gasteiger partial charge in [0, 0.05) is 5.69 Å². The Morgan fingerprint density at radius 3 is 2.42 bits per heavy atom. The number of nitrogens with two attached hydrogens (primary N) is 1. The third kappa shape index (κ3) is 4.01. The number of carbonyl (C=O) groups excluding carboxylic acids is 2. The molecule has 1 fully saturated rings. The van der Waals surface area contributed by atoms with Crippen molar-refractivity contribution in [3.63, 3.8) is 0 Å². The second-order valence-electron chi connectivity index (χ2n) is 5.62. The van der Waals surface area contributed by atoms with Gasteiger partial charge >= 0.3 is 12.1 Å². The molecule has 2 N–H and O–H groups in total. The number of hydrogen-bond donors (Lipinski definition) is 1. The van der Waals surface area contributed by atoms with Gasteiger partial charge in [0.05, 0.1) is 17.0 Å². The Kier molecular flexibility index (Phi) is 4.92. The number of benzene rings is 2. The van der Waals surface area contributed by atoms with Crippen LogP contribution in [0.2, 0.25) is 0 Å². The first kappa shape index (κ1) is 17.9. The molecule has 2 aromatic rings. The van der Waals surface area contributed by atoms with Crippen LogP contribution in [-0.4, -0.2) is 39.7 Å². The summed E-state index contributed by atoms with van der Waals surface area (Å²) in [7, 11) is -3.80. The number of cyclic esters (lactones) is 1. The molecule has 0 aliphatic carbocycles. The van der Waals surface area contributed by atoms with Crippen LogP contribution >= 0.6 is 0 Å². The monoisotopic (exact) mass is 376 g/mol. The minimum absolute atomic E-state index is 0.0536. The summed E-state index contributed by atoms with van der Waals surface area (Å²) in [6.45, 7) is 0.0981. The number of esters is 1. The van der Waals surface area contributed by atoms with Gasteiger partial charge in [0.15, 0.2) is 6.10 Å². The van der Waals surface area contributed by atoms with E-state index < -0.39 is 28.2 Å². The fraction of sp³-hybridized carbons (Fsp3) is 0.176. The van der Waals surface area contributed by atoms with E-state index in [1.165, 1.54) is 29.2 Å². The van der Waals surface area contributed by atoms with E-state index in [1.807, 2.05) is 0 Å². The van der Waals surface area contributed by atoms with Crippen molar-refractivity contribution in [3.05, 3.63) is 60.2 Å². The Hall–Kier alpha value is -2.91. The van der Waals surface area contributed by atoms with E-state index in [2.05, 4.69) is 0 Å². The minimum Gasteiger partial charge on any atom is -0.458 e. The summed E-state index contributed by atoms with van der Waals surface area (Å²) in [6, 6.07) is 14.0. The number of sulfonamides is 1. The lowest BCUT2D eigenvalue weighted by Crippen LogP contribution is -2.26. The maximum absolute atomic E-state index is 12.0. The number of rotatable bonds is 5. The molecule has 1 aliphatic heterocycles. The highest BCUT2D eigenvalue weighted by Crippen LogP contribution is 2.23. The van der Waals surface area contributed by atoms with Crippen LogP contribution in [0.1, 0.15) is 10.4 Å². The average molecular weight is 376 g/mol. The number of amides is 1. The van der Waals surface area contributed by atoms with E-state index in [1.54, 1.807) is 30.3 Å². The molecular weight excluding hydrogens is 360 g/mol. The van der Waals surface area contributed by atoms with Crippen LogP contribution in [0.25, 0.3) is 0 Å². The van der Waals surface area contributed by atoms with Crippen LogP contribution in [0.15, 0.2) is 59.5 Å². The molecular formula is C17H16N2O6S. The molecule has 1 heterocycles. The molecule has 136 valence electrons. The minimum atomic E-state index is -3.80. The first-order valence-electron chi connectivity index (χ1n) is 7.68. The SMILES string of the molecule is NS(=O)(=O)c1ccc(N2CC(COC(=O)c3ccccc3)OC2=O)cc1. The molecule has 1 atom stereocenters. The molecule has 1 unspecified atom stereocenters. The Morgan fingerprint density at radius 2 is 1.81 bits per heavy atom. The lowest BCUT2D eigenvalue weighted by molar-refractivity contribution is 0.0300. The summed E-state index contributed by atoms with van der Waals surface area (Å²) >= 11 is 0. The van der Waals surface area contributed by atoms with Gasteiger partial charge in [-0.25, -0.2) is 23.1 Å². The van der Waals surface area contributed by atoms with Gasteiger partial charge in [-0.1, -0.05) is 18.2 Å². The quantitative estimate of drug-likeness (QED) is 0.791. The molecule has 8 nitrogen and oxygen atoms in total. The summed E-state index contributed by atoms with van der Waals surface area (Å²) in [5, 5.41) is 5.04. The number of nitrogens with zero attached hydrogens (tertiary/aromatic N) is 1. The third-order valence-corrected chi connectivity index (χ3v) is 4.69. The zero-order chi connectivity index (χ0) is 18.7. The van der Waals surface area contributed by atoms with Gasteiger partial charge in [0.1, 0.15) is 6.61 Å². The van der Waals surface area contributed by atoms with Crippen molar-refractivity contribution in [2.24, 2.45) is 5.14 Å². The van der Waals surface area contributed by atoms with Crippen LogP contribution in [0.4, 0.5) is 10.5 Å². The highest BCUT2D eigenvalue weighted by molar-refractivity contribution is 7.89. The van der Waals surface area contributed by atoms with Crippen molar-refractivity contribution >= 4 is 27.8 Å². The molecule has 3 rings (SSSR count). The zero-order valence-corrected chi connectivity index (χ0v) is 14.4. The molecule has 1 aliphatic rings. The smallest absolute Gasteiger partial charge is 0.414 e. The van der Waals surface area contributed by atoms with Crippen LogP contribution in [0.5, 0.6) is 0 Å². The molecule has 1 saturated heterocycles. The lowest BCUT2D eigenvalue weighted by atomic mass is 10.2. The summed E-state index contributed by atoms with van der Waals surface area (Å²) in [4.78, 5) is 25.2. The third-order valence-electron chi connectivity index (χ3n) is 3.76. The largest absolute Gasteiger partial charge is 0.458 e. The van der Waals surface area contributed by atoms with Crippen molar-refractivity contribution in [2.45, 2.75) is 11.0 Å². The van der Waals surface area contributed by atoms with E-state index in [4.69, 9.17) is 14.6 Å². The lowest BCUT2D eigenvalue weighted by Gasteiger charge is -2.13. The molecule has 0 bridgehead atoms. The standard InChI is InChI=1S/C17H16N2O6S/c18-26(22,23)15-8-6-13(7-9-15)19-10-14(25-17(19)21)11-24-16(20)12-4-2-1-3-5-12/h1-9,14H,10-11H2,(H2,18,22,23). The summed E-state index contributed by atoms with van der Waals surface area (Å²) in [5.74, 6) is -0.502. The number of primary sulfonamides is 1. The van der Waals surface area contributed by atoms with Gasteiger partial charge in [-0.05, 0) is 36.4 Å². The van der Waals surface area contributed by atoms with Gasteiger partial charge in [0.2, 0.25) is 10.0 Å².